The molecule has 0 fully saturated rings. The third-order valence-corrected chi connectivity index (χ3v) is 4.57. The van der Waals surface area contributed by atoms with Gasteiger partial charge in [-0.3, -0.25) is 0 Å². The lowest BCUT2D eigenvalue weighted by Gasteiger charge is -2.04. The summed E-state index contributed by atoms with van der Waals surface area (Å²) in [7, 11) is 1.70. The molecule has 20 heavy (non-hydrogen) atoms. The fourth-order valence-electron chi connectivity index (χ4n) is 2.28. The predicted molar refractivity (Wildman–Crippen MR) is 83.8 cm³/mol. The highest BCUT2D eigenvalue weighted by Gasteiger charge is 2.08. The van der Waals surface area contributed by atoms with E-state index in [2.05, 4.69) is 48.2 Å². The number of hydrogen-bond acceptors (Lipinski definition) is 3. The minimum Gasteiger partial charge on any atom is -0.497 e. The molecule has 0 aliphatic carbocycles. The molecule has 0 aliphatic heterocycles. The SMILES string of the molecule is COc1ccc2c(ccn2Cc2csc(C(C)C)n2)c1. The lowest BCUT2D eigenvalue weighted by molar-refractivity contribution is 0.415. The van der Waals surface area contributed by atoms with Crippen LogP contribution in [-0.2, 0) is 6.54 Å². The molecule has 0 saturated carbocycles. The number of ether oxygens (including phenoxy) is 1. The Labute approximate surface area is 122 Å². The van der Waals surface area contributed by atoms with Crippen molar-refractivity contribution in [2.75, 3.05) is 7.11 Å². The maximum atomic E-state index is 5.26. The third kappa shape index (κ3) is 2.43. The van der Waals surface area contributed by atoms with Crippen LogP contribution in [-0.4, -0.2) is 16.7 Å². The van der Waals surface area contributed by atoms with Crippen LogP contribution in [0.15, 0.2) is 35.8 Å². The van der Waals surface area contributed by atoms with E-state index in [0.717, 1.165) is 18.0 Å². The first-order valence-electron chi connectivity index (χ1n) is 6.74. The maximum Gasteiger partial charge on any atom is 0.119 e. The number of benzene rings is 1. The Morgan fingerprint density at radius 3 is 2.85 bits per heavy atom. The van der Waals surface area contributed by atoms with Crippen LogP contribution in [0.2, 0.25) is 0 Å². The zero-order valence-electron chi connectivity index (χ0n) is 12.0. The fourth-order valence-corrected chi connectivity index (χ4v) is 3.10. The lowest BCUT2D eigenvalue weighted by Crippen LogP contribution is -1.98. The molecule has 3 rings (SSSR count). The van der Waals surface area contributed by atoms with Crippen molar-refractivity contribution >= 4 is 22.2 Å². The van der Waals surface area contributed by atoms with Gasteiger partial charge in [-0.1, -0.05) is 13.8 Å². The summed E-state index contributed by atoms with van der Waals surface area (Å²) in [5, 5.41) is 4.56. The zero-order chi connectivity index (χ0) is 14.1. The summed E-state index contributed by atoms with van der Waals surface area (Å²) in [5.41, 5.74) is 2.34. The van der Waals surface area contributed by atoms with Crippen LogP contribution >= 0.6 is 11.3 Å². The molecule has 104 valence electrons. The Morgan fingerprint density at radius 1 is 1.30 bits per heavy atom. The van der Waals surface area contributed by atoms with Gasteiger partial charge in [0.1, 0.15) is 5.75 Å². The van der Waals surface area contributed by atoms with Gasteiger partial charge in [0, 0.05) is 28.4 Å². The molecule has 1 aromatic carbocycles. The van der Waals surface area contributed by atoms with Gasteiger partial charge in [-0.2, -0.15) is 0 Å². The monoisotopic (exact) mass is 286 g/mol. The first-order chi connectivity index (χ1) is 9.67. The number of hydrogen-bond donors (Lipinski definition) is 0. The summed E-state index contributed by atoms with van der Waals surface area (Å²) in [5.74, 6) is 1.39. The van der Waals surface area contributed by atoms with E-state index in [-0.39, 0.29) is 0 Å². The van der Waals surface area contributed by atoms with Gasteiger partial charge >= 0.3 is 0 Å². The predicted octanol–water partition coefficient (Wildman–Crippen LogP) is 4.28. The number of aromatic nitrogens is 2. The summed E-state index contributed by atoms with van der Waals surface area (Å²) in [6.07, 6.45) is 2.11. The largest absolute Gasteiger partial charge is 0.497 e. The molecular formula is C16H18N2OS. The molecule has 0 spiro atoms. The van der Waals surface area contributed by atoms with E-state index < -0.39 is 0 Å². The van der Waals surface area contributed by atoms with Gasteiger partial charge in [0.15, 0.2) is 0 Å². The van der Waals surface area contributed by atoms with Gasteiger partial charge in [-0.05, 0) is 24.3 Å². The van der Waals surface area contributed by atoms with Gasteiger partial charge < -0.3 is 9.30 Å². The summed E-state index contributed by atoms with van der Waals surface area (Å²) in [6, 6.07) is 8.28. The molecule has 3 nitrogen and oxygen atoms in total. The highest BCUT2D eigenvalue weighted by atomic mass is 32.1. The third-order valence-electron chi connectivity index (χ3n) is 3.37. The Balaban J connectivity index is 1.90. The van der Waals surface area contributed by atoms with Crippen molar-refractivity contribution in [2.24, 2.45) is 0 Å². The van der Waals surface area contributed by atoms with Crippen molar-refractivity contribution in [1.29, 1.82) is 0 Å². The minimum absolute atomic E-state index is 0.499. The molecule has 4 heteroatoms. The van der Waals surface area contributed by atoms with Crippen molar-refractivity contribution in [3.05, 3.63) is 46.5 Å². The van der Waals surface area contributed by atoms with Gasteiger partial charge in [0.05, 0.1) is 24.4 Å². The molecular weight excluding hydrogens is 268 g/mol. The van der Waals surface area contributed by atoms with Gasteiger partial charge in [0.25, 0.3) is 0 Å². The second-order valence-corrected chi connectivity index (χ2v) is 6.09. The van der Waals surface area contributed by atoms with Crippen molar-refractivity contribution in [2.45, 2.75) is 26.3 Å². The molecule has 0 saturated heterocycles. The van der Waals surface area contributed by atoms with Gasteiger partial charge in [0.2, 0.25) is 0 Å². The second-order valence-electron chi connectivity index (χ2n) is 5.20. The van der Waals surface area contributed by atoms with Crippen LogP contribution in [0.25, 0.3) is 10.9 Å². The normalized spacial score (nSPS) is 11.4. The smallest absolute Gasteiger partial charge is 0.119 e. The van der Waals surface area contributed by atoms with E-state index in [1.165, 1.54) is 15.9 Å². The van der Waals surface area contributed by atoms with E-state index >= 15 is 0 Å². The Morgan fingerprint density at radius 2 is 2.15 bits per heavy atom. The Kier molecular flexibility index (Phi) is 3.49. The quantitative estimate of drug-likeness (QED) is 0.716. The fraction of sp³-hybridized carbons (Fsp3) is 0.312. The Hall–Kier alpha value is -1.81. The van der Waals surface area contributed by atoms with E-state index in [4.69, 9.17) is 9.72 Å². The van der Waals surface area contributed by atoms with E-state index in [0.29, 0.717) is 5.92 Å². The molecule has 0 atom stereocenters. The summed E-state index contributed by atoms with van der Waals surface area (Å²) in [6.45, 7) is 5.18. The van der Waals surface area contributed by atoms with E-state index in [9.17, 15) is 0 Å². The van der Waals surface area contributed by atoms with E-state index in [1.807, 2.05) is 6.07 Å². The number of thiazole rings is 1. The first-order valence-corrected chi connectivity index (χ1v) is 7.62. The van der Waals surface area contributed by atoms with Crippen LogP contribution in [0.3, 0.4) is 0 Å². The second kappa shape index (κ2) is 5.29. The van der Waals surface area contributed by atoms with Crippen LogP contribution in [0, 0.1) is 0 Å². The number of fused-ring (bicyclic) bond motifs is 1. The highest BCUT2D eigenvalue weighted by molar-refractivity contribution is 7.09. The molecule has 2 aromatic heterocycles. The molecule has 2 heterocycles. The minimum atomic E-state index is 0.499. The summed E-state index contributed by atoms with van der Waals surface area (Å²) < 4.78 is 7.49. The van der Waals surface area contributed by atoms with Crippen LogP contribution < -0.4 is 4.74 Å². The van der Waals surface area contributed by atoms with Crippen molar-refractivity contribution < 1.29 is 4.74 Å². The van der Waals surface area contributed by atoms with E-state index in [1.54, 1.807) is 18.4 Å². The zero-order valence-corrected chi connectivity index (χ0v) is 12.8. The average Bonchev–Trinajstić information content (AvgIpc) is 3.06. The van der Waals surface area contributed by atoms with Crippen LogP contribution in [0.1, 0.15) is 30.5 Å². The molecule has 3 aromatic rings. The molecule has 0 unspecified atom stereocenters. The van der Waals surface area contributed by atoms with Crippen molar-refractivity contribution in [3.8, 4) is 5.75 Å². The molecule has 0 aliphatic rings. The van der Waals surface area contributed by atoms with Gasteiger partial charge in [-0.25, -0.2) is 4.98 Å². The number of rotatable bonds is 4. The molecule has 0 bridgehead atoms. The highest BCUT2D eigenvalue weighted by Crippen LogP contribution is 2.24. The lowest BCUT2D eigenvalue weighted by atomic mass is 10.2. The summed E-state index contributed by atoms with van der Waals surface area (Å²) in [4.78, 5) is 4.70. The summed E-state index contributed by atoms with van der Waals surface area (Å²) >= 11 is 1.75. The van der Waals surface area contributed by atoms with Crippen molar-refractivity contribution in [1.82, 2.24) is 9.55 Å². The van der Waals surface area contributed by atoms with Crippen molar-refractivity contribution in [3.63, 3.8) is 0 Å². The van der Waals surface area contributed by atoms with Gasteiger partial charge in [-0.15, -0.1) is 11.3 Å². The topological polar surface area (TPSA) is 27.1 Å². The standard InChI is InChI=1S/C16H18N2OS/c1-11(2)16-17-13(10-20-16)9-18-7-6-12-8-14(19-3)4-5-15(12)18/h4-8,10-11H,9H2,1-3H3. The first kappa shape index (κ1) is 13.2. The molecule has 0 amide bonds. The molecule has 0 N–H and O–H groups in total. The average molecular weight is 286 g/mol. The van der Waals surface area contributed by atoms with Crippen LogP contribution in [0.4, 0.5) is 0 Å². The van der Waals surface area contributed by atoms with Crippen LogP contribution in [0.5, 0.6) is 5.75 Å². The maximum absolute atomic E-state index is 5.26. The molecule has 0 radical (unpaired) electrons. The Bertz CT molecular complexity index is 727. The number of methoxy groups -OCH3 is 1. The number of nitrogens with zero attached hydrogens (tertiary/aromatic N) is 2.